The van der Waals surface area contributed by atoms with E-state index in [-0.39, 0.29) is 5.92 Å². The molecule has 13 heavy (non-hydrogen) atoms. The molecule has 1 N–H and O–H groups in total. The highest BCUT2D eigenvalue weighted by Crippen LogP contribution is 2.28. The molecule has 2 heterocycles. The van der Waals surface area contributed by atoms with Crippen LogP contribution in [0.5, 0.6) is 0 Å². The van der Waals surface area contributed by atoms with E-state index >= 15 is 0 Å². The quantitative estimate of drug-likeness (QED) is 0.601. The van der Waals surface area contributed by atoms with Crippen molar-refractivity contribution in [3.05, 3.63) is 0 Å². The first-order chi connectivity index (χ1) is 6.20. The van der Waals surface area contributed by atoms with Gasteiger partial charge < -0.3 is 4.90 Å². The lowest BCUT2D eigenvalue weighted by Crippen LogP contribution is -2.61. The third kappa shape index (κ3) is 1.46. The Morgan fingerprint density at radius 2 is 2.23 bits per heavy atom. The molecule has 3 unspecified atom stereocenters. The number of hydrogen-bond donors (Lipinski definition) is 1. The zero-order valence-electron chi connectivity index (χ0n) is 8.42. The van der Waals surface area contributed by atoms with Gasteiger partial charge in [-0.15, -0.1) is 0 Å². The number of carbonyl (C=O) groups excluding carboxylic acids is 1. The Labute approximate surface area is 79.5 Å². The van der Waals surface area contributed by atoms with Crippen LogP contribution in [0.2, 0.25) is 0 Å². The highest BCUT2D eigenvalue weighted by molar-refractivity contribution is 5.79. The van der Waals surface area contributed by atoms with Gasteiger partial charge in [-0.1, -0.05) is 13.8 Å². The van der Waals surface area contributed by atoms with Crippen LogP contribution in [-0.2, 0) is 4.79 Å². The SMILES string of the molecule is CC1CC(C)C2NCCCN2C1=O. The van der Waals surface area contributed by atoms with Gasteiger partial charge in [-0.05, 0) is 25.3 Å². The molecule has 3 heteroatoms. The van der Waals surface area contributed by atoms with Crippen molar-refractivity contribution in [3.63, 3.8) is 0 Å². The van der Waals surface area contributed by atoms with Crippen molar-refractivity contribution < 1.29 is 4.79 Å². The second-order valence-electron chi connectivity index (χ2n) is 4.40. The van der Waals surface area contributed by atoms with E-state index < -0.39 is 0 Å². The van der Waals surface area contributed by atoms with Gasteiger partial charge in [0.2, 0.25) is 5.91 Å². The minimum absolute atomic E-state index is 0.228. The molecule has 0 bridgehead atoms. The smallest absolute Gasteiger partial charge is 0.226 e. The van der Waals surface area contributed by atoms with E-state index in [9.17, 15) is 4.79 Å². The van der Waals surface area contributed by atoms with Crippen molar-refractivity contribution >= 4 is 5.91 Å². The van der Waals surface area contributed by atoms with E-state index in [2.05, 4.69) is 12.2 Å². The predicted octanol–water partition coefficient (Wildman–Crippen LogP) is 0.810. The lowest BCUT2D eigenvalue weighted by atomic mass is 9.87. The van der Waals surface area contributed by atoms with E-state index in [1.807, 2.05) is 11.8 Å². The fourth-order valence-electron chi connectivity index (χ4n) is 2.57. The Kier molecular flexibility index (Phi) is 2.28. The molecule has 0 radical (unpaired) electrons. The molecule has 2 fully saturated rings. The van der Waals surface area contributed by atoms with Crippen molar-refractivity contribution in [2.45, 2.75) is 32.9 Å². The Morgan fingerprint density at radius 3 is 3.00 bits per heavy atom. The first-order valence-electron chi connectivity index (χ1n) is 5.24. The van der Waals surface area contributed by atoms with E-state index in [0.717, 1.165) is 25.9 Å². The van der Waals surface area contributed by atoms with Crippen molar-refractivity contribution in [1.29, 1.82) is 0 Å². The lowest BCUT2D eigenvalue weighted by molar-refractivity contribution is -0.146. The lowest BCUT2D eigenvalue weighted by Gasteiger charge is -2.45. The summed E-state index contributed by atoms with van der Waals surface area (Å²) in [5, 5.41) is 3.43. The first-order valence-corrected chi connectivity index (χ1v) is 5.24. The van der Waals surface area contributed by atoms with Crippen LogP contribution >= 0.6 is 0 Å². The van der Waals surface area contributed by atoms with Gasteiger partial charge in [0, 0.05) is 12.5 Å². The predicted molar refractivity (Wildman–Crippen MR) is 51.1 cm³/mol. The van der Waals surface area contributed by atoms with Crippen LogP contribution in [0, 0.1) is 11.8 Å². The van der Waals surface area contributed by atoms with E-state index in [1.54, 1.807) is 0 Å². The van der Waals surface area contributed by atoms with Gasteiger partial charge in [-0.25, -0.2) is 0 Å². The molecular weight excluding hydrogens is 164 g/mol. The number of fused-ring (bicyclic) bond motifs is 1. The zero-order chi connectivity index (χ0) is 9.42. The van der Waals surface area contributed by atoms with Crippen molar-refractivity contribution in [1.82, 2.24) is 10.2 Å². The summed E-state index contributed by atoms with van der Waals surface area (Å²) in [6.07, 6.45) is 2.45. The first kappa shape index (κ1) is 9.00. The summed E-state index contributed by atoms with van der Waals surface area (Å²) in [5.74, 6) is 1.18. The molecule has 0 aromatic carbocycles. The van der Waals surface area contributed by atoms with Crippen molar-refractivity contribution in [2.24, 2.45) is 11.8 Å². The maximum absolute atomic E-state index is 11.8. The summed E-state index contributed by atoms with van der Waals surface area (Å²) >= 11 is 0. The van der Waals surface area contributed by atoms with Crippen LogP contribution in [0.1, 0.15) is 26.7 Å². The molecule has 1 amide bonds. The van der Waals surface area contributed by atoms with Gasteiger partial charge in [0.05, 0.1) is 6.17 Å². The van der Waals surface area contributed by atoms with Crippen LogP contribution < -0.4 is 5.32 Å². The van der Waals surface area contributed by atoms with Crippen LogP contribution in [0.3, 0.4) is 0 Å². The highest BCUT2D eigenvalue weighted by Gasteiger charge is 2.38. The maximum Gasteiger partial charge on any atom is 0.226 e. The average Bonchev–Trinajstić information content (AvgIpc) is 2.15. The molecule has 2 saturated heterocycles. The Balaban J connectivity index is 2.15. The summed E-state index contributed by atoms with van der Waals surface area (Å²) in [7, 11) is 0. The normalized spacial score (nSPS) is 40.3. The fraction of sp³-hybridized carbons (Fsp3) is 0.900. The monoisotopic (exact) mass is 182 g/mol. The molecular formula is C10H18N2O. The molecule has 0 aromatic rings. The number of nitrogens with one attached hydrogen (secondary N) is 1. The number of carbonyl (C=O) groups is 1. The fourth-order valence-corrected chi connectivity index (χ4v) is 2.57. The molecule has 3 atom stereocenters. The van der Waals surface area contributed by atoms with Gasteiger partial charge in [-0.2, -0.15) is 0 Å². The largest absolute Gasteiger partial charge is 0.327 e. The number of amides is 1. The molecule has 2 aliphatic rings. The minimum atomic E-state index is 0.228. The minimum Gasteiger partial charge on any atom is -0.327 e. The zero-order valence-corrected chi connectivity index (χ0v) is 8.42. The van der Waals surface area contributed by atoms with Gasteiger partial charge >= 0.3 is 0 Å². The molecule has 0 aromatic heterocycles. The van der Waals surface area contributed by atoms with E-state index in [4.69, 9.17) is 0 Å². The Morgan fingerprint density at radius 1 is 1.46 bits per heavy atom. The van der Waals surface area contributed by atoms with Crippen LogP contribution in [0.4, 0.5) is 0 Å². The summed E-state index contributed by atoms with van der Waals surface area (Å²) < 4.78 is 0. The van der Waals surface area contributed by atoms with Gasteiger partial charge in [0.1, 0.15) is 0 Å². The second kappa shape index (κ2) is 3.29. The Hall–Kier alpha value is -0.570. The molecule has 0 spiro atoms. The number of nitrogens with zero attached hydrogens (tertiary/aromatic N) is 1. The number of hydrogen-bond acceptors (Lipinski definition) is 2. The maximum atomic E-state index is 11.8. The van der Waals surface area contributed by atoms with Crippen LogP contribution in [0.15, 0.2) is 0 Å². The molecule has 3 nitrogen and oxygen atoms in total. The summed E-state index contributed by atoms with van der Waals surface area (Å²) in [5.41, 5.74) is 0. The highest BCUT2D eigenvalue weighted by atomic mass is 16.2. The van der Waals surface area contributed by atoms with Crippen LogP contribution in [0.25, 0.3) is 0 Å². The van der Waals surface area contributed by atoms with Gasteiger partial charge in [-0.3, -0.25) is 10.1 Å². The summed E-state index contributed by atoms with van der Waals surface area (Å²) in [4.78, 5) is 13.8. The van der Waals surface area contributed by atoms with Crippen molar-refractivity contribution in [3.8, 4) is 0 Å². The Bertz CT molecular complexity index is 217. The number of piperidine rings is 1. The topological polar surface area (TPSA) is 32.3 Å². The average molecular weight is 182 g/mol. The molecule has 2 rings (SSSR count). The molecule has 0 saturated carbocycles. The van der Waals surface area contributed by atoms with E-state index in [1.165, 1.54) is 0 Å². The van der Waals surface area contributed by atoms with Gasteiger partial charge in [0.25, 0.3) is 0 Å². The van der Waals surface area contributed by atoms with Crippen molar-refractivity contribution in [2.75, 3.05) is 13.1 Å². The summed E-state index contributed by atoms with van der Waals surface area (Å²) in [6, 6.07) is 0. The number of rotatable bonds is 0. The molecule has 74 valence electrons. The standard InChI is InChI=1S/C10H18N2O/c1-7-6-8(2)10(13)12-5-3-4-11-9(7)12/h7-9,11H,3-6H2,1-2H3. The third-order valence-corrected chi connectivity index (χ3v) is 3.23. The molecule has 0 aliphatic carbocycles. The van der Waals surface area contributed by atoms with E-state index in [0.29, 0.717) is 18.0 Å². The van der Waals surface area contributed by atoms with Gasteiger partial charge in [0.15, 0.2) is 0 Å². The third-order valence-electron chi connectivity index (χ3n) is 3.23. The molecule has 2 aliphatic heterocycles. The van der Waals surface area contributed by atoms with Crippen LogP contribution in [-0.4, -0.2) is 30.1 Å². The second-order valence-corrected chi connectivity index (χ2v) is 4.40. The summed E-state index contributed by atoms with van der Waals surface area (Å²) in [6.45, 7) is 6.29.